The molecule has 1 N–H and O–H groups in total. The Balaban J connectivity index is 1.96. The number of benzene rings is 1. The van der Waals surface area contributed by atoms with Gasteiger partial charge in [0.25, 0.3) is 0 Å². The minimum absolute atomic E-state index is 0.0432. The van der Waals surface area contributed by atoms with E-state index in [2.05, 4.69) is 0 Å². The van der Waals surface area contributed by atoms with Gasteiger partial charge in [-0.2, -0.15) is 0 Å². The Labute approximate surface area is 117 Å². The van der Waals surface area contributed by atoms with Crippen LogP contribution in [0.1, 0.15) is 56.4 Å². The van der Waals surface area contributed by atoms with Crippen molar-refractivity contribution in [1.82, 2.24) is 0 Å². The number of carboxylic acid groups (broad SMARTS) is 1. The first-order valence-corrected chi connectivity index (χ1v) is 7.28. The number of halogens is 1. The average Bonchev–Trinajstić information content (AvgIpc) is 2.40. The molecule has 1 atom stereocenters. The number of rotatable bonds is 2. The maximum Gasteiger partial charge on any atom is 0.303 e. The van der Waals surface area contributed by atoms with Crippen LogP contribution in [0.15, 0.2) is 18.2 Å². The van der Waals surface area contributed by atoms with Crippen LogP contribution in [0.2, 0.25) is 0 Å². The molecule has 1 aromatic carbocycles. The van der Waals surface area contributed by atoms with Crippen molar-refractivity contribution < 1.29 is 19.0 Å². The lowest BCUT2D eigenvalue weighted by molar-refractivity contribution is -0.138. The molecule has 2 aliphatic rings. The predicted molar refractivity (Wildman–Crippen MR) is 72.5 cm³/mol. The SMILES string of the molecule is O=C(O)CC1CC2(CCCCC2)Oc2ccc(F)cc21. The van der Waals surface area contributed by atoms with E-state index in [4.69, 9.17) is 9.84 Å². The molecule has 108 valence electrons. The second-order valence-corrected chi connectivity index (χ2v) is 6.03. The molecule has 1 aliphatic carbocycles. The van der Waals surface area contributed by atoms with E-state index in [9.17, 15) is 9.18 Å². The predicted octanol–water partition coefficient (Wildman–Crippen LogP) is 3.87. The number of hydrogen-bond donors (Lipinski definition) is 1. The first-order chi connectivity index (χ1) is 9.58. The molecule has 0 aromatic heterocycles. The topological polar surface area (TPSA) is 46.5 Å². The monoisotopic (exact) mass is 278 g/mol. The lowest BCUT2D eigenvalue weighted by atomic mass is 9.73. The molecule has 0 bridgehead atoms. The minimum Gasteiger partial charge on any atom is -0.487 e. The van der Waals surface area contributed by atoms with Gasteiger partial charge in [0.1, 0.15) is 17.2 Å². The summed E-state index contributed by atoms with van der Waals surface area (Å²) < 4.78 is 19.6. The molecule has 4 heteroatoms. The Kier molecular flexibility index (Phi) is 3.40. The summed E-state index contributed by atoms with van der Waals surface area (Å²) in [6.45, 7) is 0. The molecule has 1 aromatic rings. The number of fused-ring (bicyclic) bond motifs is 1. The fraction of sp³-hybridized carbons (Fsp3) is 0.562. The third-order valence-electron chi connectivity index (χ3n) is 4.54. The normalized spacial score (nSPS) is 23.9. The third-order valence-corrected chi connectivity index (χ3v) is 4.54. The fourth-order valence-corrected chi connectivity index (χ4v) is 3.66. The van der Waals surface area contributed by atoms with E-state index in [1.54, 1.807) is 6.07 Å². The molecule has 0 radical (unpaired) electrons. The highest BCUT2D eigenvalue weighted by atomic mass is 19.1. The van der Waals surface area contributed by atoms with Crippen molar-refractivity contribution in [3.05, 3.63) is 29.6 Å². The van der Waals surface area contributed by atoms with Gasteiger partial charge in [0.2, 0.25) is 0 Å². The van der Waals surface area contributed by atoms with Crippen LogP contribution in [0.5, 0.6) is 5.75 Å². The lowest BCUT2D eigenvalue weighted by Gasteiger charge is -2.44. The van der Waals surface area contributed by atoms with Crippen molar-refractivity contribution >= 4 is 5.97 Å². The molecule has 1 saturated carbocycles. The largest absolute Gasteiger partial charge is 0.487 e. The van der Waals surface area contributed by atoms with E-state index >= 15 is 0 Å². The zero-order valence-corrected chi connectivity index (χ0v) is 11.4. The van der Waals surface area contributed by atoms with Crippen molar-refractivity contribution in [2.75, 3.05) is 0 Å². The number of ether oxygens (including phenoxy) is 1. The Morgan fingerprint density at radius 2 is 2.10 bits per heavy atom. The van der Waals surface area contributed by atoms with Crippen molar-refractivity contribution in [2.24, 2.45) is 0 Å². The highest BCUT2D eigenvalue weighted by Crippen LogP contribution is 2.48. The molecule has 3 rings (SSSR count). The Bertz CT molecular complexity index is 520. The van der Waals surface area contributed by atoms with Crippen LogP contribution in [0.4, 0.5) is 4.39 Å². The van der Waals surface area contributed by atoms with E-state index in [0.717, 1.165) is 25.7 Å². The number of carbonyl (C=O) groups is 1. The van der Waals surface area contributed by atoms with Crippen LogP contribution in [0.3, 0.4) is 0 Å². The van der Waals surface area contributed by atoms with Gasteiger partial charge in [-0.05, 0) is 50.3 Å². The van der Waals surface area contributed by atoms with Gasteiger partial charge in [0.05, 0.1) is 6.42 Å². The van der Waals surface area contributed by atoms with Crippen LogP contribution in [-0.4, -0.2) is 16.7 Å². The number of carboxylic acids is 1. The molecule has 1 aliphatic heterocycles. The van der Waals surface area contributed by atoms with Gasteiger partial charge in [-0.25, -0.2) is 4.39 Å². The quantitative estimate of drug-likeness (QED) is 0.893. The van der Waals surface area contributed by atoms with Gasteiger partial charge in [0, 0.05) is 11.5 Å². The fourth-order valence-electron chi connectivity index (χ4n) is 3.66. The highest BCUT2D eigenvalue weighted by molar-refractivity contribution is 5.68. The van der Waals surface area contributed by atoms with E-state index < -0.39 is 5.97 Å². The zero-order valence-electron chi connectivity index (χ0n) is 11.4. The average molecular weight is 278 g/mol. The maximum atomic E-state index is 13.4. The maximum absolute atomic E-state index is 13.4. The standard InChI is InChI=1S/C16H19FO3/c17-12-4-5-14-13(9-12)11(8-15(18)19)10-16(20-14)6-2-1-3-7-16/h4-5,9,11H,1-3,6-8,10H2,(H,18,19). The van der Waals surface area contributed by atoms with Gasteiger partial charge >= 0.3 is 5.97 Å². The number of aliphatic carboxylic acids is 1. The van der Waals surface area contributed by atoms with Gasteiger partial charge in [-0.15, -0.1) is 0 Å². The summed E-state index contributed by atoms with van der Waals surface area (Å²) in [5.74, 6) is -0.642. The highest BCUT2D eigenvalue weighted by Gasteiger charge is 2.42. The van der Waals surface area contributed by atoms with E-state index in [1.807, 2.05) is 0 Å². The summed E-state index contributed by atoms with van der Waals surface area (Å²) in [6.07, 6.45) is 6.13. The summed E-state index contributed by atoms with van der Waals surface area (Å²) in [4.78, 5) is 11.1. The zero-order chi connectivity index (χ0) is 14.2. The van der Waals surface area contributed by atoms with E-state index in [1.165, 1.54) is 18.6 Å². The third kappa shape index (κ3) is 2.51. The Morgan fingerprint density at radius 1 is 1.35 bits per heavy atom. The van der Waals surface area contributed by atoms with Crippen LogP contribution >= 0.6 is 0 Å². The Hall–Kier alpha value is -1.58. The smallest absolute Gasteiger partial charge is 0.303 e. The second kappa shape index (κ2) is 5.08. The Morgan fingerprint density at radius 3 is 2.80 bits per heavy atom. The molecule has 1 fully saturated rings. The summed E-state index contributed by atoms with van der Waals surface area (Å²) in [5.41, 5.74) is 0.479. The van der Waals surface area contributed by atoms with Crippen molar-refractivity contribution in [3.63, 3.8) is 0 Å². The van der Waals surface area contributed by atoms with E-state index in [0.29, 0.717) is 17.7 Å². The summed E-state index contributed by atoms with van der Waals surface area (Å²) in [5, 5.41) is 9.11. The van der Waals surface area contributed by atoms with Crippen LogP contribution in [-0.2, 0) is 4.79 Å². The summed E-state index contributed by atoms with van der Waals surface area (Å²) >= 11 is 0. The van der Waals surface area contributed by atoms with Crippen LogP contribution in [0, 0.1) is 5.82 Å². The molecule has 20 heavy (non-hydrogen) atoms. The summed E-state index contributed by atoms with van der Waals surface area (Å²) in [6, 6.07) is 4.46. The molecule has 1 spiro atoms. The lowest BCUT2D eigenvalue weighted by Crippen LogP contribution is -2.43. The van der Waals surface area contributed by atoms with Crippen LogP contribution in [0.25, 0.3) is 0 Å². The van der Waals surface area contributed by atoms with Crippen LogP contribution < -0.4 is 4.74 Å². The van der Waals surface area contributed by atoms with Crippen molar-refractivity contribution in [1.29, 1.82) is 0 Å². The molecule has 0 saturated heterocycles. The number of hydrogen-bond acceptors (Lipinski definition) is 2. The molecular weight excluding hydrogens is 259 g/mol. The molecular formula is C16H19FO3. The van der Waals surface area contributed by atoms with Gasteiger partial charge in [-0.3, -0.25) is 4.79 Å². The second-order valence-electron chi connectivity index (χ2n) is 6.03. The molecule has 3 nitrogen and oxygen atoms in total. The first kappa shape index (κ1) is 13.4. The van der Waals surface area contributed by atoms with Crippen molar-refractivity contribution in [3.8, 4) is 5.75 Å². The van der Waals surface area contributed by atoms with E-state index in [-0.39, 0.29) is 23.8 Å². The van der Waals surface area contributed by atoms with Crippen molar-refractivity contribution in [2.45, 2.75) is 56.5 Å². The molecule has 0 amide bonds. The van der Waals surface area contributed by atoms with Gasteiger partial charge < -0.3 is 9.84 Å². The molecule has 1 unspecified atom stereocenters. The van der Waals surface area contributed by atoms with Gasteiger partial charge in [-0.1, -0.05) is 6.42 Å². The first-order valence-electron chi connectivity index (χ1n) is 7.28. The molecule has 1 heterocycles. The minimum atomic E-state index is -0.835. The van der Waals surface area contributed by atoms with Gasteiger partial charge in [0.15, 0.2) is 0 Å². The summed E-state index contributed by atoms with van der Waals surface area (Å²) in [7, 11) is 0.